The molecule has 0 spiro atoms. The molecule has 3 aromatic rings. The van der Waals surface area contributed by atoms with Crippen LogP contribution in [0.15, 0.2) is 60.7 Å². The lowest BCUT2D eigenvalue weighted by Crippen LogP contribution is -2.35. The molecule has 2 aliphatic rings. The molecule has 3 aromatic carbocycles. The van der Waals surface area contributed by atoms with Crippen molar-refractivity contribution >= 4 is 11.8 Å². The van der Waals surface area contributed by atoms with Crippen molar-refractivity contribution < 1.29 is 37.0 Å². The van der Waals surface area contributed by atoms with Crippen molar-refractivity contribution in [2.45, 2.75) is 13.1 Å². The maximum atomic E-state index is 13.3. The fraction of sp³-hybridized carbons (Fsp3) is 0.333. The summed E-state index contributed by atoms with van der Waals surface area (Å²) in [5.74, 6) is 2.03. The first-order valence-corrected chi connectivity index (χ1v) is 12.8. The highest BCUT2D eigenvalue weighted by atomic mass is 19.4. The van der Waals surface area contributed by atoms with E-state index in [0.717, 1.165) is 17.7 Å². The summed E-state index contributed by atoms with van der Waals surface area (Å²) in [4.78, 5) is 30.1. The van der Waals surface area contributed by atoms with E-state index >= 15 is 0 Å². The van der Waals surface area contributed by atoms with Crippen LogP contribution < -0.4 is 14.2 Å². The van der Waals surface area contributed by atoms with E-state index in [2.05, 4.69) is 0 Å². The molecule has 2 amide bonds. The SMILES string of the molecule is COc1cc(C(=O)N2C[C@H]3CN(C(=O)c4ccc(Oc5ccc(C(F)(F)F)cc5)cc4)C[C@H]3C2)cc(OC)c1C. The third kappa shape index (κ3) is 5.43. The molecular weight excluding hydrogens is 525 g/mol. The summed E-state index contributed by atoms with van der Waals surface area (Å²) in [5.41, 5.74) is 1.07. The number of amides is 2. The number of carbonyl (C=O) groups is 2. The van der Waals surface area contributed by atoms with Crippen LogP contribution in [0.5, 0.6) is 23.0 Å². The van der Waals surface area contributed by atoms with E-state index in [1.807, 2.05) is 11.8 Å². The number of alkyl halides is 3. The Hall–Kier alpha value is -4.21. The largest absolute Gasteiger partial charge is 0.496 e. The topological polar surface area (TPSA) is 68.3 Å². The lowest BCUT2D eigenvalue weighted by molar-refractivity contribution is -0.137. The Morgan fingerprint density at radius 3 is 1.57 bits per heavy atom. The average molecular weight is 555 g/mol. The molecular formula is C30H29F3N2O5. The smallest absolute Gasteiger partial charge is 0.416 e. The molecule has 0 saturated carbocycles. The van der Waals surface area contributed by atoms with Crippen molar-refractivity contribution in [3.63, 3.8) is 0 Å². The molecule has 2 heterocycles. The number of ether oxygens (including phenoxy) is 3. The number of methoxy groups -OCH3 is 2. The van der Waals surface area contributed by atoms with Gasteiger partial charge in [-0.2, -0.15) is 13.2 Å². The van der Waals surface area contributed by atoms with E-state index in [0.29, 0.717) is 54.6 Å². The molecule has 7 nitrogen and oxygen atoms in total. The molecule has 2 saturated heterocycles. The number of carbonyl (C=O) groups excluding carboxylic acids is 2. The molecule has 5 rings (SSSR count). The standard InChI is InChI=1S/C30H29F3N2O5/c1-18-26(38-2)12-20(13-27(18)39-3)29(37)35-16-21-14-34(15-22(21)17-35)28(36)19-4-8-24(9-5-19)40-25-10-6-23(7-11-25)30(31,32)33/h4-13,21-22H,14-17H2,1-3H3/t21-,22+. The molecule has 210 valence electrons. The lowest BCUT2D eigenvalue weighted by Gasteiger charge is -2.23. The van der Waals surface area contributed by atoms with Crippen LogP contribution in [-0.4, -0.2) is 62.0 Å². The molecule has 0 aromatic heterocycles. The zero-order chi connectivity index (χ0) is 28.6. The van der Waals surface area contributed by atoms with Crippen LogP contribution in [0.4, 0.5) is 13.2 Å². The number of hydrogen-bond donors (Lipinski definition) is 0. The van der Waals surface area contributed by atoms with Crippen molar-refractivity contribution in [2.75, 3.05) is 40.4 Å². The van der Waals surface area contributed by atoms with Gasteiger partial charge in [0.15, 0.2) is 0 Å². The van der Waals surface area contributed by atoms with Gasteiger partial charge in [-0.3, -0.25) is 9.59 Å². The van der Waals surface area contributed by atoms with E-state index in [4.69, 9.17) is 14.2 Å². The Morgan fingerprint density at radius 2 is 1.15 bits per heavy atom. The summed E-state index contributed by atoms with van der Waals surface area (Å²) in [7, 11) is 3.11. The minimum atomic E-state index is -4.41. The summed E-state index contributed by atoms with van der Waals surface area (Å²) in [5, 5.41) is 0. The Bertz CT molecular complexity index is 1370. The second-order valence-corrected chi connectivity index (χ2v) is 10.1. The number of benzene rings is 3. The van der Waals surface area contributed by atoms with Crippen LogP contribution >= 0.6 is 0 Å². The van der Waals surface area contributed by atoms with Crippen LogP contribution in [0.2, 0.25) is 0 Å². The normalized spacial score (nSPS) is 18.4. The lowest BCUT2D eigenvalue weighted by atomic mass is 10.0. The van der Waals surface area contributed by atoms with Crippen LogP contribution in [0, 0.1) is 18.8 Å². The zero-order valence-electron chi connectivity index (χ0n) is 22.3. The molecule has 10 heteroatoms. The Labute approximate surface area is 230 Å². The number of likely N-dealkylation sites (tertiary alicyclic amines) is 2. The Balaban J connectivity index is 1.18. The van der Waals surface area contributed by atoms with E-state index < -0.39 is 11.7 Å². The highest BCUT2D eigenvalue weighted by Gasteiger charge is 2.43. The van der Waals surface area contributed by atoms with Gasteiger partial charge in [0.1, 0.15) is 23.0 Å². The molecule has 0 radical (unpaired) electrons. The van der Waals surface area contributed by atoms with Crippen LogP contribution in [0.3, 0.4) is 0 Å². The number of halogens is 3. The highest BCUT2D eigenvalue weighted by Crippen LogP contribution is 2.35. The Kier molecular flexibility index (Phi) is 7.35. The summed E-state index contributed by atoms with van der Waals surface area (Å²) in [6, 6.07) is 14.4. The predicted octanol–water partition coefficient (Wildman–Crippen LogP) is 5.67. The van der Waals surface area contributed by atoms with Crippen LogP contribution in [-0.2, 0) is 6.18 Å². The quantitative estimate of drug-likeness (QED) is 0.393. The molecule has 2 atom stereocenters. The Morgan fingerprint density at radius 1 is 0.725 bits per heavy atom. The summed E-state index contributed by atoms with van der Waals surface area (Å²) in [6.07, 6.45) is -4.41. The van der Waals surface area contributed by atoms with E-state index in [1.165, 1.54) is 12.1 Å². The van der Waals surface area contributed by atoms with Gasteiger partial charge in [-0.1, -0.05) is 0 Å². The minimum Gasteiger partial charge on any atom is -0.496 e. The highest BCUT2D eigenvalue weighted by molar-refractivity contribution is 5.96. The maximum Gasteiger partial charge on any atom is 0.416 e. The predicted molar refractivity (Wildman–Crippen MR) is 141 cm³/mol. The molecule has 2 aliphatic heterocycles. The van der Waals surface area contributed by atoms with E-state index in [9.17, 15) is 22.8 Å². The fourth-order valence-electron chi connectivity index (χ4n) is 5.41. The van der Waals surface area contributed by atoms with Gasteiger partial charge in [-0.05, 0) is 67.6 Å². The maximum absolute atomic E-state index is 13.3. The van der Waals surface area contributed by atoms with Gasteiger partial charge in [-0.25, -0.2) is 0 Å². The van der Waals surface area contributed by atoms with Gasteiger partial charge in [0.25, 0.3) is 11.8 Å². The van der Waals surface area contributed by atoms with Gasteiger partial charge >= 0.3 is 6.18 Å². The summed E-state index contributed by atoms with van der Waals surface area (Å²) in [6.45, 7) is 4.10. The molecule has 2 fully saturated rings. The summed E-state index contributed by atoms with van der Waals surface area (Å²) < 4.78 is 54.7. The summed E-state index contributed by atoms with van der Waals surface area (Å²) >= 11 is 0. The third-order valence-electron chi connectivity index (χ3n) is 7.58. The second-order valence-electron chi connectivity index (χ2n) is 10.1. The van der Waals surface area contributed by atoms with Crippen LogP contribution in [0.1, 0.15) is 31.8 Å². The van der Waals surface area contributed by atoms with Gasteiger partial charge in [0.05, 0.1) is 19.8 Å². The van der Waals surface area contributed by atoms with E-state index in [-0.39, 0.29) is 29.4 Å². The monoisotopic (exact) mass is 554 g/mol. The second kappa shape index (κ2) is 10.7. The van der Waals surface area contributed by atoms with Crippen molar-refractivity contribution in [3.05, 3.63) is 82.9 Å². The zero-order valence-corrected chi connectivity index (χ0v) is 22.3. The van der Waals surface area contributed by atoms with Crippen molar-refractivity contribution in [1.29, 1.82) is 0 Å². The minimum absolute atomic E-state index is 0.0903. The van der Waals surface area contributed by atoms with Crippen molar-refractivity contribution in [1.82, 2.24) is 9.80 Å². The number of hydrogen-bond acceptors (Lipinski definition) is 5. The van der Waals surface area contributed by atoms with Crippen molar-refractivity contribution in [3.8, 4) is 23.0 Å². The first-order chi connectivity index (χ1) is 19.1. The van der Waals surface area contributed by atoms with Gasteiger partial charge in [-0.15, -0.1) is 0 Å². The first-order valence-electron chi connectivity index (χ1n) is 12.8. The van der Waals surface area contributed by atoms with Crippen molar-refractivity contribution in [2.24, 2.45) is 11.8 Å². The number of nitrogens with zero attached hydrogens (tertiary/aromatic N) is 2. The molecule has 40 heavy (non-hydrogen) atoms. The van der Waals surface area contributed by atoms with Gasteiger partial charge in [0, 0.05) is 54.7 Å². The third-order valence-corrected chi connectivity index (χ3v) is 7.58. The number of fused-ring (bicyclic) bond motifs is 1. The van der Waals surface area contributed by atoms with E-state index in [1.54, 1.807) is 55.5 Å². The number of rotatable bonds is 6. The fourth-order valence-corrected chi connectivity index (χ4v) is 5.41. The van der Waals surface area contributed by atoms with Gasteiger partial charge in [0.2, 0.25) is 0 Å². The van der Waals surface area contributed by atoms with Crippen LogP contribution in [0.25, 0.3) is 0 Å². The molecule has 0 bridgehead atoms. The molecule has 0 unspecified atom stereocenters. The average Bonchev–Trinajstić information content (AvgIpc) is 3.52. The first kappa shape index (κ1) is 27.4. The molecule has 0 N–H and O–H groups in total. The van der Waals surface area contributed by atoms with Gasteiger partial charge < -0.3 is 24.0 Å². The molecule has 0 aliphatic carbocycles.